The first-order chi connectivity index (χ1) is 10.1. The Hall–Kier alpha value is -2.83. The number of aryl methyl sites for hydroxylation is 1. The summed E-state index contributed by atoms with van der Waals surface area (Å²) in [5, 5.41) is 9.39. The minimum absolute atomic E-state index is 0.0727. The Kier molecular flexibility index (Phi) is 3.31. The van der Waals surface area contributed by atoms with Gasteiger partial charge < -0.3 is 15.4 Å². The second-order valence-electron chi connectivity index (χ2n) is 4.72. The Labute approximate surface area is 120 Å². The fourth-order valence-electron chi connectivity index (χ4n) is 2.07. The highest BCUT2D eigenvalue weighted by Crippen LogP contribution is 2.29. The predicted molar refractivity (Wildman–Crippen MR) is 75.9 cm³/mol. The zero-order chi connectivity index (χ0) is 14.8. The number of carbonyl (C=O) groups excluding carboxylic acids is 2. The van der Waals surface area contributed by atoms with Crippen LogP contribution in [0.2, 0.25) is 0 Å². The fraction of sp³-hybridized carbons (Fsp3) is 0.214. The van der Waals surface area contributed by atoms with Gasteiger partial charge in [0.2, 0.25) is 5.91 Å². The number of fused-ring (bicyclic) bond motifs is 1. The average Bonchev–Trinajstić information content (AvgIpc) is 2.85. The predicted octanol–water partition coefficient (Wildman–Crippen LogP) is 1.15. The summed E-state index contributed by atoms with van der Waals surface area (Å²) in [5.41, 5.74) is 0.615. The summed E-state index contributed by atoms with van der Waals surface area (Å²) in [6, 6.07) is 8.78. The standard InChI is InChI=1S/C14H14N4O3/c1-18-7-6-12(17-18)16-13(19)8-11-14(20)15-9-4-2-3-5-10(9)21-11/h2-7,11H,8H2,1H3,(H,15,20)(H,16,17,19). The lowest BCUT2D eigenvalue weighted by atomic mass is 10.1. The maximum Gasteiger partial charge on any atom is 0.266 e. The molecule has 0 saturated heterocycles. The zero-order valence-electron chi connectivity index (χ0n) is 11.4. The van der Waals surface area contributed by atoms with E-state index >= 15 is 0 Å². The number of hydrogen-bond acceptors (Lipinski definition) is 4. The van der Waals surface area contributed by atoms with Crippen molar-refractivity contribution in [1.29, 1.82) is 0 Å². The number of aromatic nitrogens is 2. The first-order valence-corrected chi connectivity index (χ1v) is 6.48. The number of rotatable bonds is 3. The lowest BCUT2D eigenvalue weighted by Crippen LogP contribution is -2.39. The molecule has 7 nitrogen and oxygen atoms in total. The van der Waals surface area contributed by atoms with E-state index in [2.05, 4.69) is 15.7 Å². The molecule has 3 rings (SSSR count). The third-order valence-corrected chi connectivity index (χ3v) is 3.06. The van der Waals surface area contributed by atoms with Gasteiger partial charge in [0, 0.05) is 19.3 Å². The Morgan fingerprint density at radius 2 is 2.24 bits per heavy atom. The van der Waals surface area contributed by atoms with Crippen LogP contribution >= 0.6 is 0 Å². The number of nitrogens with zero attached hydrogens (tertiary/aromatic N) is 2. The van der Waals surface area contributed by atoms with Gasteiger partial charge in [-0.05, 0) is 12.1 Å². The van der Waals surface area contributed by atoms with Crippen LogP contribution in [-0.4, -0.2) is 27.7 Å². The first-order valence-electron chi connectivity index (χ1n) is 6.48. The van der Waals surface area contributed by atoms with Crippen molar-refractivity contribution >= 4 is 23.3 Å². The van der Waals surface area contributed by atoms with E-state index in [0.29, 0.717) is 17.3 Å². The molecule has 2 heterocycles. The summed E-state index contributed by atoms with van der Waals surface area (Å²) >= 11 is 0. The number of hydrogen-bond donors (Lipinski definition) is 2. The molecule has 0 fully saturated rings. The van der Waals surface area contributed by atoms with Gasteiger partial charge in [-0.2, -0.15) is 5.10 Å². The molecular weight excluding hydrogens is 272 g/mol. The van der Waals surface area contributed by atoms with Crippen LogP contribution in [-0.2, 0) is 16.6 Å². The van der Waals surface area contributed by atoms with Crippen LogP contribution in [0.1, 0.15) is 6.42 Å². The van der Waals surface area contributed by atoms with E-state index in [1.54, 1.807) is 48.3 Å². The van der Waals surface area contributed by atoms with E-state index in [1.165, 1.54) is 0 Å². The summed E-state index contributed by atoms with van der Waals surface area (Å²) in [6.45, 7) is 0. The van der Waals surface area contributed by atoms with Crippen LogP contribution in [0.5, 0.6) is 5.75 Å². The van der Waals surface area contributed by atoms with Crippen molar-refractivity contribution in [3.05, 3.63) is 36.5 Å². The summed E-state index contributed by atoms with van der Waals surface area (Å²) in [6.07, 6.45) is 0.801. The Bertz CT molecular complexity index is 695. The van der Waals surface area contributed by atoms with Crippen molar-refractivity contribution in [3.8, 4) is 5.75 Å². The van der Waals surface area contributed by atoms with Crippen LogP contribution in [0, 0.1) is 0 Å². The number of amides is 2. The van der Waals surface area contributed by atoms with Gasteiger partial charge in [-0.15, -0.1) is 0 Å². The van der Waals surface area contributed by atoms with E-state index in [4.69, 9.17) is 4.74 Å². The van der Waals surface area contributed by atoms with Crippen LogP contribution in [0.15, 0.2) is 36.5 Å². The molecule has 0 radical (unpaired) electrons. The molecule has 1 aromatic carbocycles. The molecule has 1 aliphatic heterocycles. The van der Waals surface area contributed by atoms with Crippen LogP contribution in [0.4, 0.5) is 11.5 Å². The van der Waals surface area contributed by atoms with E-state index in [9.17, 15) is 9.59 Å². The first kappa shape index (κ1) is 13.2. The third-order valence-electron chi connectivity index (χ3n) is 3.06. The second-order valence-corrected chi connectivity index (χ2v) is 4.72. The summed E-state index contributed by atoms with van der Waals surface area (Å²) in [7, 11) is 1.75. The molecule has 1 aromatic heterocycles. The van der Waals surface area contributed by atoms with E-state index in [0.717, 1.165) is 0 Å². The van der Waals surface area contributed by atoms with E-state index in [1.807, 2.05) is 0 Å². The molecule has 0 saturated carbocycles. The van der Waals surface area contributed by atoms with Gasteiger partial charge in [-0.25, -0.2) is 0 Å². The number of carbonyl (C=O) groups is 2. The molecule has 7 heteroatoms. The van der Waals surface area contributed by atoms with Gasteiger partial charge >= 0.3 is 0 Å². The van der Waals surface area contributed by atoms with Crippen LogP contribution in [0.25, 0.3) is 0 Å². The molecule has 108 valence electrons. The molecule has 0 spiro atoms. The number of para-hydroxylation sites is 2. The highest BCUT2D eigenvalue weighted by molar-refractivity contribution is 6.01. The summed E-state index contributed by atoms with van der Waals surface area (Å²) in [4.78, 5) is 23.8. The average molecular weight is 286 g/mol. The monoisotopic (exact) mass is 286 g/mol. The Morgan fingerprint density at radius 3 is 3.00 bits per heavy atom. The minimum Gasteiger partial charge on any atom is -0.478 e. The lowest BCUT2D eigenvalue weighted by Gasteiger charge is -2.25. The number of nitrogens with one attached hydrogen (secondary N) is 2. The number of ether oxygens (including phenoxy) is 1. The second kappa shape index (κ2) is 5.28. The SMILES string of the molecule is Cn1ccc(NC(=O)CC2Oc3ccccc3NC2=O)n1. The molecule has 1 atom stereocenters. The number of anilines is 2. The van der Waals surface area contributed by atoms with Crippen molar-refractivity contribution in [2.24, 2.45) is 7.05 Å². The maximum atomic E-state index is 11.9. The van der Waals surface area contributed by atoms with Crippen LogP contribution < -0.4 is 15.4 Å². The molecule has 2 N–H and O–H groups in total. The fourth-order valence-corrected chi connectivity index (χ4v) is 2.07. The molecule has 0 aliphatic carbocycles. The zero-order valence-corrected chi connectivity index (χ0v) is 11.4. The largest absolute Gasteiger partial charge is 0.478 e. The van der Waals surface area contributed by atoms with Gasteiger partial charge in [-0.1, -0.05) is 12.1 Å². The van der Waals surface area contributed by atoms with Gasteiger partial charge in [0.05, 0.1) is 12.1 Å². The van der Waals surface area contributed by atoms with Gasteiger partial charge in [-0.3, -0.25) is 14.3 Å². The van der Waals surface area contributed by atoms with Gasteiger partial charge in [0.15, 0.2) is 11.9 Å². The van der Waals surface area contributed by atoms with Crippen molar-refractivity contribution in [1.82, 2.24) is 9.78 Å². The third kappa shape index (κ3) is 2.86. The molecule has 21 heavy (non-hydrogen) atoms. The topological polar surface area (TPSA) is 85.3 Å². The van der Waals surface area contributed by atoms with Crippen molar-refractivity contribution in [2.75, 3.05) is 10.6 Å². The van der Waals surface area contributed by atoms with E-state index in [-0.39, 0.29) is 18.2 Å². The maximum absolute atomic E-state index is 11.9. The smallest absolute Gasteiger partial charge is 0.266 e. The highest BCUT2D eigenvalue weighted by Gasteiger charge is 2.29. The Balaban J connectivity index is 1.65. The molecule has 1 aliphatic rings. The summed E-state index contributed by atoms with van der Waals surface area (Å²) < 4.78 is 7.14. The van der Waals surface area contributed by atoms with Crippen LogP contribution in [0.3, 0.4) is 0 Å². The molecule has 1 unspecified atom stereocenters. The molecule has 2 amide bonds. The van der Waals surface area contributed by atoms with Gasteiger partial charge in [0.1, 0.15) is 5.75 Å². The highest BCUT2D eigenvalue weighted by atomic mass is 16.5. The lowest BCUT2D eigenvalue weighted by molar-refractivity contribution is -0.128. The van der Waals surface area contributed by atoms with E-state index < -0.39 is 6.10 Å². The summed E-state index contributed by atoms with van der Waals surface area (Å²) in [5.74, 6) is 0.352. The van der Waals surface area contributed by atoms with Crippen molar-refractivity contribution < 1.29 is 14.3 Å². The molecule has 0 bridgehead atoms. The quantitative estimate of drug-likeness (QED) is 0.886. The van der Waals surface area contributed by atoms with Crippen molar-refractivity contribution in [2.45, 2.75) is 12.5 Å². The number of benzene rings is 1. The van der Waals surface area contributed by atoms with Gasteiger partial charge in [0.25, 0.3) is 5.91 Å². The Morgan fingerprint density at radius 1 is 1.43 bits per heavy atom. The molecular formula is C14H14N4O3. The molecule has 2 aromatic rings. The normalized spacial score (nSPS) is 16.6. The van der Waals surface area contributed by atoms with Crippen molar-refractivity contribution in [3.63, 3.8) is 0 Å². The minimum atomic E-state index is -0.844.